The molecule has 2 rings (SSSR count). The van der Waals surface area contributed by atoms with Crippen LogP contribution in [0.5, 0.6) is 0 Å². The van der Waals surface area contributed by atoms with Crippen LogP contribution in [0.25, 0.3) is 11.1 Å². The van der Waals surface area contributed by atoms with Gasteiger partial charge in [-0.2, -0.15) is 0 Å². The first-order valence-electron chi connectivity index (χ1n) is 7.44. The van der Waals surface area contributed by atoms with Gasteiger partial charge >= 0.3 is 0 Å². The summed E-state index contributed by atoms with van der Waals surface area (Å²) in [5.41, 5.74) is 4.07. The summed E-state index contributed by atoms with van der Waals surface area (Å²) in [5.74, 6) is 0.846. The van der Waals surface area contributed by atoms with Gasteiger partial charge in [0.1, 0.15) is 0 Å². The maximum atomic E-state index is 2.36. The van der Waals surface area contributed by atoms with Gasteiger partial charge < -0.3 is 0 Å². The van der Waals surface area contributed by atoms with Crippen molar-refractivity contribution in [2.75, 3.05) is 0 Å². The molecular weight excluding hydrogens is 228 g/mol. The smallest absolute Gasteiger partial charge is 0.0184 e. The van der Waals surface area contributed by atoms with Crippen LogP contribution in [-0.2, 0) is 6.42 Å². The summed E-state index contributed by atoms with van der Waals surface area (Å²) in [7, 11) is 0. The lowest BCUT2D eigenvalue weighted by Crippen LogP contribution is -1.96. The summed E-state index contributed by atoms with van der Waals surface area (Å²) in [4.78, 5) is 0. The molecule has 0 aromatic heterocycles. The van der Waals surface area contributed by atoms with Gasteiger partial charge in [0.25, 0.3) is 0 Å². The first kappa shape index (κ1) is 13.9. The predicted molar refractivity (Wildman–Crippen MR) is 84.3 cm³/mol. The summed E-state index contributed by atoms with van der Waals surface area (Å²) >= 11 is 0. The summed E-state index contributed by atoms with van der Waals surface area (Å²) in [5, 5.41) is 0. The lowest BCUT2D eigenvalue weighted by molar-refractivity contribution is 0.486. The number of benzene rings is 2. The third kappa shape index (κ3) is 4.24. The van der Waals surface area contributed by atoms with Crippen LogP contribution in [0.1, 0.15) is 38.7 Å². The fraction of sp³-hybridized carbons (Fsp3) is 0.368. The van der Waals surface area contributed by atoms with E-state index in [1.165, 1.54) is 42.4 Å². The van der Waals surface area contributed by atoms with Crippen molar-refractivity contribution in [2.24, 2.45) is 5.92 Å². The molecule has 1 unspecified atom stereocenters. The lowest BCUT2D eigenvalue weighted by Gasteiger charge is -2.10. The summed E-state index contributed by atoms with van der Waals surface area (Å²) in [6.45, 7) is 4.63. The molecule has 0 bridgehead atoms. The lowest BCUT2D eigenvalue weighted by atomic mass is 9.96. The van der Waals surface area contributed by atoms with Gasteiger partial charge in [0, 0.05) is 0 Å². The summed E-state index contributed by atoms with van der Waals surface area (Å²) < 4.78 is 0. The third-order valence-corrected chi connectivity index (χ3v) is 3.77. The zero-order valence-electron chi connectivity index (χ0n) is 12.1. The number of rotatable bonds is 6. The van der Waals surface area contributed by atoms with Crippen LogP contribution < -0.4 is 0 Å². The van der Waals surface area contributed by atoms with Crippen LogP contribution in [0.3, 0.4) is 0 Å². The van der Waals surface area contributed by atoms with Gasteiger partial charge in [-0.25, -0.2) is 0 Å². The second kappa shape index (κ2) is 7.13. The van der Waals surface area contributed by atoms with Crippen molar-refractivity contribution in [1.29, 1.82) is 0 Å². The van der Waals surface area contributed by atoms with Crippen molar-refractivity contribution in [2.45, 2.75) is 39.5 Å². The molecule has 0 aliphatic rings. The van der Waals surface area contributed by atoms with E-state index in [1.807, 2.05) is 0 Å². The van der Waals surface area contributed by atoms with Crippen LogP contribution in [0.2, 0.25) is 0 Å². The van der Waals surface area contributed by atoms with Crippen molar-refractivity contribution in [3.05, 3.63) is 60.2 Å². The van der Waals surface area contributed by atoms with Gasteiger partial charge in [-0.15, -0.1) is 0 Å². The van der Waals surface area contributed by atoms with Crippen molar-refractivity contribution < 1.29 is 0 Å². The minimum absolute atomic E-state index is 0.846. The molecule has 0 amide bonds. The van der Waals surface area contributed by atoms with E-state index in [0.29, 0.717) is 0 Å². The molecule has 100 valence electrons. The quantitative estimate of drug-likeness (QED) is 0.616. The van der Waals surface area contributed by atoms with Crippen LogP contribution in [-0.4, -0.2) is 0 Å². The standard InChI is InChI=1S/C19H24/c1-3-7-16(2)10-11-17-12-14-19(15-13-17)18-8-5-4-6-9-18/h4-6,8-9,12-16H,3,7,10-11H2,1-2H3. The van der Waals surface area contributed by atoms with E-state index in [1.54, 1.807) is 0 Å². The predicted octanol–water partition coefficient (Wildman–Crippen LogP) is 5.72. The Bertz CT molecular complexity index is 467. The minimum atomic E-state index is 0.846. The molecule has 0 heteroatoms. The molecule has 0 saturated carbocycles. The average molecular weight is 252 g/mol. The molecule has 0 saturated heterocycles. The van der Waals surface area contributed by atoms with E-state index in [2.05, 4.69) is 68.4 Å². The van der Waals surface area contributed by atoms with Crippen molar-refractivity contribution >= 4 is 0 Å². The Kier molecular flexibility index (Phi) is 5.20. The normalized spacial score (nSPS) is 12.3. The first-order valence-corrected chi connectivity index (χ1v) is 7.44. The second-order valence-corrected chi connectivity index (χ2v) is 5.50. The number of hydrogen-bond acceptors (Lipinski definition) is 0. The van der Waals surface area contributed by atoms with E-state index in [0.717, 1.165) is 5.92 Å². The molecule has 0 heterocycles. The molecule has 0 nitrogen and oxygen atoms in total. The molecule has 0 N–H and O–H groups in total. The summed E-state index contributed by atoms with van der Waals surface area (Å²) in [6.07, 6.45) is 5.16. The van der Waals surface area contributed by atoms with Gasteiger partial charge in [-0.3, -0.25) is 0 Å². The highest BCUT2D eigenvalue weighted by Gasteiger charge is 2.02. The van der Waals surface area contributed by atoms with E-state index in [-0.39, 0.29) is 0 Å². The average Bonchev–Trinajstić information content (AvgIpc) is 2.47. The Labute approximate surface area is 117 Å². The molecule has 2 aromatic rings. The molecule has 2 aromatic carbocycles. The zero-order valence-corrected chi connectivity index (χ0v) is 12.1. The van der Waals surface area contributed by atoms with Gasteiger partial charge in [-0.05, 0) is 35.4 Å². The number of aryl methyl sites for hydroxylation is 1. The van der Waals surface area contributed by atoms with Gasteiger partial charge in [-0.1, -0.05) is 81.3 Å². The fourth-order valence-corrected chi connectivity index (χ4v) is 2.54. The Balaban J connectivity index is 1.95. The Morgan fingerprint density at radius 2 is 1.42 bits per heavy atom. The third-order valence-electron chi connectivity index (χ3n) is 3.77. The maximum Gasteiger partial charge on any atom is -0.0184 e. The highest BCUT2D eigenvalue weighted by Crippen LogP contribution is 2.20. The van der Waals surface area contributed by atoms with Crippen molar-refractivity contribution in [1.82, 2.24) is 0 Å². The Morgan fingerprint density at radius 3 is 2.05 bits per heavy atom. The highest BCUT2D eigenvalue weighted by atomic mass is 14.1. The van der Waals surface area contributed by atoms with Crippen LogP contribution >= 0.6 is 0 Å². The van der Waals surface area contributed by atoms with E-state index in [9.17, 15) is 0 Å². The molecule has 0 radical (unpaired) electrons. The zero-order chi connectivity index (χ0) is 13.5. The Morgan fingerprint density at radius 1 is 0.789 bits per heavy atom. The van der Waals surface area contributed by atoms with E-state index in [4.69, 9.17) is 0 Å². The molecule has 0 aliphatic heterocycles. The minimum Gasteiger partial charge on any atom is -0.0654 e. The fourth-order valence-electron chi connectivity index (χ4n) is 2.54. The van der Waals surface area contributed by atoms with Gasteiger partial charge in [0.2, 0.25) is 0 Å². The van der Waals surface area contributed by atoms with Crippen LogP contribution in [0.4, 0.5) is 0 Å². The van der Waals surface area contributed by atoms with E-state index < -0.39 is 0 Å². The molecule has 0 fully saturated rings. The molecule has 19 heavy (non-hydrogen) atoms. The molecule has 0 spiro atoms. The highest BCUT2D eigenvalue weighted by molar-refractivity contribution is 5.63. The Hall–Kier alpha value is -1.56. The molecule has 1 atom stereocenters. The summed E-state index contributed by atoms with van der Waals surface area (Å²) in [6, 6.07) is 19.6. The van der Waals surface area contributed by atoms with Gasteiger partial charge in [0.05, 0.1) is 0 Å². The van der Waals surface area contributed by atoms with E-state index >= 15 is 0 Å². The van der Waals surface area contributed by atoms with Crippen LogP contribution in [0, 0.1) is 5.92 Å². The molecule has 0 aliphatic carbocycles. The van der Waals surface area contributed by atoms with Gasteiger partial charge in [0.15, 0.2) is 0 Å². The number of hydrogen-bond donors (Lipinski definition) is 0. The second-order valence-electron chi connectivity index (χ2n) is 5.50. The van der Waals surface area contributed by atoms with Crippen molar-refractivity contribution in [3.63, 3.8) is 0 Å². The monoisotopic (exact) mass is 252 g/mol. The van der Waals surface area contributed by atoms with Crippen LogP contribution in [0.15, 0.2) is 54.6 Å². The SMILES string of the molecule is CCCC(C)CCc1ccc(-c2ccccc2)cc1. The topological polar surface area (TPSA) is 0 Å². The molecular formula is C19H24. The largest absolute Gasteiger partial charge is 0.0654 e. The maximum absolute atomic E-state index is 2.36. The first-order chi connectivity index (χ1) is 9.29. The van der Waals surface area contributed by atoms with Crippen molar-refractivity contribution in [3.8, 4) is 11.1 Å².